The number of amides is 1. The maximum absolute atomic E-state index is 12.8. The molecular formula is C15H26N2OS. The van der Waals surface area contributed by atoms with Crippen molar-refractivity contribution in [3.63, 3.8) is 0 Å². The van der Waals surface area contributed by atoms with Gasteiger partial charge in [0.15, 0.2) is 0 Å². The second kappa shape index (κ2) is 6.21. The first kappa shape index (κ1) is 14.8. The maximum atomic E-state index is 12.8. The van der Waals surface area contributed by atoms with Gasteiger partial charge in [0.2, 0.25) is 5.91 Å². The van der Waals surface area contributed by atoms with Crippen molar-refractivity contribution in [1.29, 1.82) is 0 Å². The fourth-order valence-electron chi connectivity index (χ4n) is 3.81. The molecule has 2 N–H and O–H groups in total. The molecule has 3 unspecified atom stereocenters. The lowest BCUT2D eigenvalue weighted by Crippen LogP contribution is -2.53. The Kier molecular flexibility index (Phi) is 4.82. The summed E-state index contributed by atoms with van der Waals surface area (Å²) in [7, 11) is 0. The van der Waals surface area contributed by atoms with Crippen LogP contribution in [0.3, 0.4) is 0 Å². The van der Waals surface area contributed by atoms with E-state index in [1.165, 1.54) is 32.1 Å². The van der Waals surface area contributed by atoms with Gasteiger partial charge in [0.05, 0.1) is 10.9 Å². The van der Waals surface area contributed by atoms with Gasteiger partial charge >= 0.3 is 0 Å². The molecule has 2 aliphatic rings. The number of nitrogens with zero attached hydrogens (tertiary/aromatic N) is 1. The zero-order valence-electron chi connectivity index (χ0n) is 12.1. The molecule has 1 heterocycles. The lowest BCUT2D eigenvalue weighted by Gasteiger charge is -2.45. The highest BCUT2D eigenvalue weighted by atomic mass is 32.1. The first-order valence-electron chi connectivity index (χ1n) is 7.62. The third kappa shape index (κ3) is 3.10. The van der Waals surface area contributed by atoms with Crippen LogP contribution in [-0.2, 0) is 4.79 Å². The zero-order valence-corrected chi connectivity index (χ0v) is 12.9. The molecule has 1 aliphatic heterocycles. The SMILES string of the molecule is CC(C)C(C(=O)N1CCCC2CCCCC21)C(N)=S. The number of hydrogen-bond donors (Lipinski definition) is 1. The van der Waals surface area contributed by atoms with Crippen molar-refractivity contribution in [3.8, 4) is 0 Å². The molecule has 3 nitrogen and oxygen atoms in total. The standard InChI is InChI=1S/C15H26N2OS/c1-10(2)13(14(16)19)15(18)17-9-5-7-11-6-3-4-8-12(11)17/h10-13H,3-9H2,1-2H3,(H2,16,19). The average molecular weight is 282 g/mol. The lowest BCUT2D eigenvalue weighted by molar-refractivity contribution is -0.140. The summed E-state index contributed by atoms with van der Waals surface area (Å²) in [4.78, 5) is 15.3. The van der Waals surface area contributed by atoms with Crippen LogP contribution >= 0.6 is 12.2 Å². The lowest BCUT2D eigenvalue weighted by atomic mass is 9.77. The number of nitrogens with two attached hydrogens (primary N) is 1. The van der Waals surface area contributed by atoms with Gasteiger partial charge in [-0.1, -0.05) is 38.9 Å². The van der Waals surface area contributed by atoms with Crippen molar-refractivity contribution in [2.45, 2.75) is 58.4 Å². The highest BCUT2D eigenvalue weighted by Gasteiger charge is 2.39. The minimum Gasteiger partial charge on any atom is -0.393 e. The van der Waals surface area contributed by atoms with Crippen LogP contribution in [0, 0.1) is 17.8 Å². The van der Waals surface area contributed by atoms with Gasteiger partial charge < -0.3 is 10.6 Å². The molecule has 0 aromatic heterocycles. The third-order valence-electron chi connectivity index (χ3n) is 4.77. The van der Waals surface area contributed by atoms with Gasteiger partial charge in [-0.2, -0.15) is 0 Å². The molecule has 19 heavy (non-hydrogen) atoms. The molecule has 1 saturated carbocycles. The van der Waals surface area contributed by atoms with Crippen molar-refractivity contribution in [2.75, 3.05) is 6.54 Å². The summed E-state index contributed by atoms with van der Waals surface area (Å²) >= 11 is 5.12. The molecule has 1 amide bonds. The summed E-state index contributed by atoms with van der Waals surface area (Å²) in [5, 5.41) is 0. The van der Waals surface area contributed by atoms with Crippen molar-refractivity contribution in [3.05, 3.63) is 0 Å². The molecule has 4 heteroatoms. The fraction of sp³-hybridized carbons (Fsp3) is 0.867. The van der Waals surface area contributed by atoms with E-state index in [1.54, 1.807) is 0 Å². The van der Waals surface area contributed by atoms with E-state index in [-0.39, 0.29) is 17.7 Å². The summed E-state index contributed by atoms with van der Waals surface area (Å²) in [6.07, 6.45) is 7.45. The van der Waals surface area contributed by atoms with Gasteiger partial charge in [0.1, 0.15) is 0 Å². The summed E-state index contributed by atoms with van der Waals surface area (Å²) in [5.41, 5.74) is 5.80. The van der Waals surface area contributed by atoms with Crippen LogP contribution in [0.15, 0.2) is 0 Å². The molecular weight excluding hydrogens is 256 g/mol. The number of thiocarbonyl (C=S) groups is 1. The Balaban J connectivity index is 2.14. The summed E-state index contributed by atoms with van der Waals surface area (Å²) in [6.45, 7) is 4.96. The van der Waals surface area contributed by atoms with E-state index in [0.717, 1.165) is 13.0 Å². The third-order valence-corrected chi connectivity index (χ3v) is 5.02. The van der Waals surface area contributed by atoms with Crippen LogP contribution in [0.4, 0.5) is 0 Å². The van der Waals surface area contributed by atoms with Crippen molar-refractivity contribution < 1.29 is 4.79 Å². The molecule has 0 aromatic carbocycles. The molecule has 108 valence electrons. The number of carbonyl (C=O) groups excluding carboxylic acids is 1. The first-order valence-corrected chi connectivity index (χ1v) is 8.03. The van der Waals surface area contributed by atoms with Gasteiger partial charge in [-0.25, -0.2) is 0 Å². The molecule has 0 radical (unpaired) electrons. The predicted molar refractivity (Wildman–Crippen MR) is 81.8 cm³/mol. The predicted octanol–water partition coefficient (Wildman–Crippen LogP) is 2.73. The van der Waals surface area contributed by atoms with Crippen molar-refractivity contribution in [1.82, 2.24) is 4.90 Å². The van der Waals surface area contributed by atoms with Crippen LogP contribution in [0.5, 0.6) is 0 Å². The monoisotopic (exact) mass is 282 g/mol. The van der Waals surface area contributed by atoms with Gasteiger partial charge in [-0.15, -0.1) is 0 Å². The summed E-state index contributed by atoms with van der Waals surface area (Å²) in [6, 6.07) is 0.450. The molecule has 0 bridgehead atoms. The molecule has 3 atom stereocenters. The van der Waals surface area contributed by atoms with Crippen LogP contribution < -0.4 is 5.73 Å². The van der Waals surface area contributed by atoms with Crippen molar-refractivity contribution >= 4 is 23.1 Å². The summed E-state index contributed by atoms with van der Waals surface area (Å²) in [5.74, 6) is 0.800. The Labute approximate surface area is 121 Å². The largest absolute Gasteiger partial charge is 0.393 e. The van der Waals surface area contributed by atoms with Crippen LogP contribution in [0.25, 0.3) is 0 Å². The van der Waals surface area contributed by atoms with Crippen LogP contribution in [-0.4, -0.2) is 28.4 Å². The molecule has 2 fully saturated rings. The smallest absolute Gasteiger partial charge is 0.233 e. The van der Waals surface area contributed by atoms with E-state index in [1.807, 2.05) is 13.8 Å². The maximum Gasteiger partial charge on any atom is 0.233 e. The Bertz CT molecular complexity index is 354. The Morgan fingerprint density at radius 3 is 2.47 bits per heavy atom. The van der Waals surface area contributed by atoms with E-state index in [9.17, 15) is 4.79 Å². The molecule has 1 aliphatic carbocycles. The number of likely N-dealkylation sites (tertiary alicyclic amines) is 1. The number of rotatable bonds is 3. The van der Waals surface area contributed by atoms with Gasteiger partial charge in [0.25, 0.3) is 0 Å². The highest BCUT2D eigenvalue weighted by molar-refractivity contribution is 7.80. The molecule has 0 aromatic rings. The van der Waals surface area contributed by atoms with E-state index in [4.69, 9.17) is 18.0 Å². The number of carbonyl (C=O) groups is 1. The fourth-order valence-corrected chi connectivity index (χ4v) is 4.19. The number of hydrogen-bond acceptors (Lipinski definition) is 2. The molecule has 2 rings (SSSR count). The van der Waals surface area contributed by atoms with Gasteiger partial charge in [-0.05, 0) is 37.5 Å². The first-order chi connectivity index (χ1) is 9.02. The Morgan fingerprint density at radius 1 is 1.21 bits per heavy atom. The van der Waals surface area contributed by atoms with Gasteiger partial charge in [-0.3, -0.25) is 4.79 Å². The number of fused-ring (bicyclic) bond motifs is 1. The van der Waals surface area contributed by atoms with E-state index >= 15 is 0 Å². The van der Waals surface area contributed by atoms with E-state index < -0.39 is 0 Å². The molecule has 1 saturated heterocycles. The van der Waals surface area contributed by atoms with E-state index in [2.05, 4.69) is 4.90 Å². The van der Waals surface area contributed by atoms with Crippen LogP contribution in [0.1, 0.15) is 52.4 Å². The van der Waals surface area contributed by atoms with Gasteiger partial charge in [0, 0.05) is 12.6 Å². The Hall–Kier alpha value is -0.640. The summed E-state index contributed by atoms with van der Waals surface area (Å²) < 4.78 is 0. The average Bonchev–Trinajstić information content (AvgIpc) is 2.37. The minimum absolute atomic E-state index is 0.180. The topological polar surface area (TPSA) is 46.3 Å². The normalized spacial score (nSPS) is 28.9. The van der Waals surface area contributed by atoms with Crippen LogP contribution in [0.2, 0.25) is 0 Å². The quantitative estimate of drug-likeness (QED) is 0.810. The zero-order chi connectivity index (χ0) is 14.0. The minimum atomic E-state index is -0.282. The highest BCUT2D eigenvalue weighted by Crippen LogP contribution is 2.36. The second-order valence-electron chi connectivity index (χ2n) is 6.41. The Morgan fingerprint density at radius 2 is 1.84 bits per heavy atom. The number of piperidine rings is 1. The second-order valence-corrected chi connectivity index (χ2v) is 6.88. The van der Waals surface area contributed by atoms with Crippen molar-refractivity contribution in [2.24, 2.45) is 23.5 Å². The van der Waals surface area contributed by atoms with E-state index in [0.29, 0.717) is 16.9 Å². The molecule has 0 spiro atoms.